The van der Waals surface area contributed by atoms with Crippen LogP contribution in [0.5, 0.6) is 5.88 Å². The first-order valence-corrected chi connectivity index (χ1v) is 5.11. The van der Waals surface area contributed by atoms with E-state index in [2.05, 4.69) is 5.16 Å². The summed E-state index contributed by atoms with van der Waals surface area (Å²) in [6, 6.07) is 1.71. The molecule has 15 heavy (non-hydrogen) atoms. The van der Waals surface area contributed by atoms with Gasteiger partial charge in [-0.05, 0) is 24.4 Å². The molecule has 0 aliphatic carbocycles. The van der Waals surface area contributed by atoms with Crippen molar-refractivity contribution in [3.8, 4) is 5.88 Å². The molecule has 0 aromatic carbocycles. The molecule has 1 atom stereocenters. The van der Waals surface area contributed by atoms with E-state index < -0.39 is 0 Å². The zero-order valence-electron chi connectivity index (χ0n) is 8.77. The van der Waals surface area contributed by atoms with Crippen LogP contribution in [-0.2, 0) is 16.1 Å². The minimum atomic E-state index is -0.102. The van der Waals surface area contributed by atoms with Crippen molar-refractivity contribution in [2.45, 2.75) is 32.2 Å². The Kier molecular flexibility index (Phi) is 3.58. The van der Waals surface area contributed by atoms with Crippen LogP contribution in [0.3, 0.4) is 0 Å². The normalized spacial score (nSPS) is 21.5. The highest BCUT2D eigenvalue weighted by Gasteiger charge is 2.15. The second-order valence-electron chi connectivity index (χ2n) is 3.44. The summed E-state index contributed by atoms with van der Waals surface area (Å²) in [5.41, 5.74) is 0. The Bertz CT molecular complexity index is 293. The van der Waals surface area contributed by atoms with Crippen molar-refractivity contribution in [1.82, 2.24) is 5.16 Å². The van der Waals surface area contributed by atoms with E-state index in [-0.39, 0.29) is 6.29 Å². The number of ether oxygens (including phenoxy) is 3. The fourth-order valence-electron chi connectivity index (χ4n) is 1.48. The van der Waals surface area contributed by atoms with Crippen molar-refractivity contribution in [2.24, 2.45) is 0 Å². The molecule has 0 amide bonds. The number of aromatic nitrogens is 1. The van der Waals surface area contributed by atoms with Crippen molar-refractivity contribution in [3.05, 3.63) is 11.8 Å². The Labute approximate surface area is 88.3 Å². The molecule has 1 aromatic heterocycles. The molecule has 1 aliphatic rings. The molecule has 0 spiro atoms. The Hall–Kier alpha value is -1.07. The highest BCUT2D eigenvalue weighted by Crippen LogP contribution is 2.17. The van der Waals surface area contributed by atoms with Crippen molar-refractivity contribution in [3.63, 3.8) is 0 Å². The van der Waals surface area contributed by atoms with E-state index in [9.17, 15) is 0 Å². The molecular formula is C10H15NO4. The van der Waals surface area contributed by atoms with Gasteiger partial charge < -0.3 is 18.7 Å². The van der Waals surface area contributed by atoms with E-state index in [0.29, 0.717) is 18.2 Å². The maximum atomic E-state index is 5.52. The standard InChI is InChI=1S/C10H15NO4/c1-12-9-6-8(15-11-9)7-14-10-4-2-3-5-13-10/h6,10H,2-5,7H2,1H3. The maximum absolute atomic E-state index is 5.52. The fourth-order valence-corrected chi connectivity index (χ4v) is 1.48. The molecule has 0 N–H and O–H groups in total. The third-order valence-corrected chi connectivity index (χ3v) is 2.30. The van der Waals surface area contributed by atoms with Gasteiger partial charge >= 0.3 is 0 Å². The van der Waals surface area contributed by atoms with E-state index in [1.54, 1.807) is 13.2 Å². The van der Waals surface area contributed by atoms with Gasteiger partial charge in [-0.2, -0.15) is 0 Å². The van der Waals surface area contributed by atoms with Crippen LogP contribution < -0.4 is 4.74 Å². The minimum Gasteiger partial charge on any atom is -0.479 e. The average molecular weight is 213 g/mol. The molecular weight excluding hydrogens is 198 g/mol. The highest BCUT2D eigenvalue weighted by atomic mass is 16.7. The van der Waals surface area contributed by atoms with E-state index in [0.717, 1.165) is 25.9 Å². The number of hydrogen-bond acceptors (Lipinski definition) is 5. The zero-order chi connectivity index (χ0) is 10.5. The predicted molar refractivity (Wildman–Crippen MR) is 51.4 cm³/mol. The van der Waals surface area contributed by atoms with Crippen LogP contribution in [0.25, 0.3) is 0 Å². The molecule has 5 nitrogen and oxygen atoms in total. The number of nitrogens with zero attached hydrogens (tertiary/aromatic N) is 1. The zero-order valence-corrected chi connectivity index (χ0v) is 8.77. The molecule has 1 aromatic rings. The van der Waals surface area contributed by atoms with Gasteiger partial charge in [0, 0.05) is 12.7 Å². The lowest BCUT2D eigenvalue weighted by Gasteiger charge is -2.21. The summed E-state index contributed by atoms with van der Waals surface area (Å²) < 4.78 is 20.8. The first-order valence-electron chi connectivity index (χ1n) is 5.11. The highest BCUT2D eigenvalue weighted by molar-refractivity contribution is 5.09. The molecule has 0 radical (unpaired) electrons. The first kappa shape index (κ1) is 10.4. The van der Waals surface area contributed by atoms with Gasteiger partial charge in [0.05, 0.1) is 7.11 Å². The predicted octanol–water partition coefficient (Wildman–Crippen LogP) is 1.73. The summed E-state index contributed by atoms with van der Waals surface area (Å²) in [7, 11) is 1.55. The second kappa shape index (κ2) is 5.14. The topological polar surface area (TPSA) is 53.7 Å². The Morgan fingerprint density at radius 3 is 3.13 bits per heavy atom. The minimum absolute atomic E-state index is 0.102. The van der Waals surface area contributed by atoms with Gasteiger partial charge in [-0.1, -0.05) is 0 Å². The lowest BCUT2D eigenvalue weighted by Crippen LogP contribution is -2.21. The van der Waals surface area contributed by atoms with Gasteiger partial charge in [0.1, 0.15) is 6.61 Å². The van der Waals surface area contributed by atoms with Crippen LogP contribution in [0.1, 0.15) is 25.0 Å². The van der Waals surface area contributed by atoms with E-state index >= 15 is 0 Å². The largest absolute Gasteiger partial charge is 0.479 e. The van der Waals surface area contributed by atoms with Crippen LogP contribution in [0.2, 0.25) is 0 Å². The molecule has 0 saturated carbocycles. The summed E-state index contributed by atoms with van der Waals surface area (Å²) >= 11 is 0. The maximum Gasteiger partial charge on any atom is 0.254 e. The Balaban J connectivity index is 1.76. The smallest absolute Gasteiger partial charge is 0.254 e. The van der Waals surface area contributed by atoms with Crippen LogP contribution in [0.4, 0.5) is 0 Å². The summed E-state index contributed by atoms with van der Waals surface area (Å²) in [5.74, 6) is 1.12. The van der Waals surface area contributed by atoms with Crippen LogP contribution in [-0.4, -0.2) is 25.2 Å². The summed E-state index contributed by atoms with van der Waals surface area (Å²) in [5, 5.41) is 3.68. The molecule has 1 fully saturated rings. The van der Waals surface area contributed by atoms with Gasteiger partial charge in [-0.15, -0.1) is 0 Å². The summed E-state index contributed by atoms with van der Waals surface area (Å²) in [6.45, 7) is 1.16. The van der Waals surface area contributed by atoms with Gasteiger partial charge in [-0.3, -0.25) is 0 Å². The van der Waals surface area contributed by atoms with Crippen molar-refractivity contribution < 1.29 is 18.7 Å². The summed E-state index contributed by atoms with van der Waals surface area (Å²) in [4.78, 5) is 0. The molecule has 1 saturated heterocycles. The Morgan fingerprint density at radius 1 is 1.53 bits per heavy atom. The molecule has 1 unspecified atom stereocenters. The monoisotopic (exact) mass is 213 g/mol. The SMILES string of the molecule is COc1cc(COC2CCCCO2)on1. The van der Waals surface area contributed by atoms with E-state index in [1.165, 1.54) is 0 Å². The lowest BCUT2D eigenvalue weighted by molar-refractivity contribution is -0.171. The molecule has 2 rings (SSSR count). The van der Waals surface area contributed by atoms with Crippen molar-refractivity contribution >= 4 is 0 Å². The molecule has 0 bridgehead atoms. The lowest BCUT2D eigenvalue weighted by atomic mass is 10.2. The molecule has 5 heteroatoms. The third-order valence-electron chi connectivity index (χ3n) is 2.30. The van der Waals surface area contributed by atoms with Crippen LogP contribution in [0, 0.1) is 0 Å². The van der Waals surface area contributed by atoms with Gasteiger partial charge in [0.25, 0.3) is 5.88 Å². The summed E-state index contributed by atoms with van der Waals surface area (Å²) in [6.07, 6.45) is 3.13. The van der Waals surface area contributed by atoms with Gasteiger partial charge in [-0.25, -0.2) is 0 Å². The molecule has 2 heterocycles. The molecule has 84 valence electrons. The van der Waals surface area contributed by atoms with Gasteiger partial charge in [0.15, 0.2) is 12.1 Å². The quantitative estimate of drug-likeness (QED) is 0.762. The van der Waals surface area contributed by atoms with E-state index in [4.69, 9.17) is 18.7 Å². The number of hydrogen-bond donors (Lipinski definition) is 0. The first-order chi connectivity index (χ1) is 7.38. The third kappa shape index (κ3) is 2.94. The fraction of sp³-hybridized carbons (Fsp3) is 0.700. The average Bonchev–Trinajstić information content (AvgIpc) is 2.76. The number of rotatable bonds is 4. The van der Waals surface area contributed by atoms with Crippen LogP contribution >= 0.6 is 0 Å². The molecule has 1 aliphatic heterocycles. The van der Waals surface area contributed by atoms with Crippen molar-refractivity contribution in [2.75, 3.05) is 13.7 Å². The van der Waals surface area contributed by atoms with Gasteiger partial charge in [0.2, 0.25) is 0 Å². The number of methoxy groups -OCH3 is 1. The Morgan fingerprint density at radius 2 is 2.47 bits per heavy atom. The van der Waals surface area contributed by atoms with Crippen molar-refractivity contribution in [1.29, 1.82) is 0 Å². The van der Waals surface area contributed by atoms with Crippen LogP contribution in [0.15, 0.2) is 10.6 Å². The van der Waals surface area contributed by atoms with E-state index in [1.807, 2.05) is 0 Å². The second-order valence-corrected chi connectivity index (χ2v) is 3.44.